The molecule has 0 spiro atoms. The van der Waals surface area contributed by atoms with E-state index in [9.17, 15) is 9.18 Å². The van der Waals surface area contributed by atoms with E-state index in [1.807, 2.05) is 22.4 Å². The Hall–Kier alpha value is -2.59. The first-order valence-corrected chi connectivity index (χ1v) is 10.6. The lowest BCUT2D eigenvalue weighted by Gasteiger charge is -2.36. The number of anilines is 1. The molecule has 28 heavy (non-hydrogen) atoms. The molecular weight excluding hydrogens is 399 g/mol. The average molecular weight is 419 g/mol. The Morgan fingerprint density at radius 1 is 1.14 bits per heavy atom. The third kappa shape index (κ3) is 3.97. The highest BCUT2D eigenvalue weighted by atomic mass is 32.2. The third-order valence-corrected chi connectivity index (χ3v) is 6.35. The minimum Gasteiger partial charge on any atom is -0.368 e. The third-order valence-electron chi connectivity index (χ3n) is 4.55. The normalized spacial score (nSPS) is 14.5. The van der Waals surface area contributed by atoms with E-state index in [0.717, 1.165) is 23.7 Å². The Bertz CT molecular complexity index is 936. The van der Waals surface area contributed by atoms with E-state index in [1.54, 1.807) is 12.1 Å². The number of halogens is 1. The summed E-state index contributed by atoms with van der Waals surface area (Å²) in [7, 11) is 0. The quantitative estimate of drug-likeness (QED) is 0.506. The van der Waals surface area contributed by atoms with Crippen molar-refractivity contribution in [2.75, 3.05) is 42.7 Å². The molecule has 1 fully saturated rings. The van der Waals surface area contributed by atoms with Gasteiger partial charge in [-0.15, -0.1) is 21.5 Å². The van der Waals surface area contributed by atoms with Gasteiger partial charge in [-0.25, -0.2) is 9.07 Å². The fourth-order valence-corrected chi connectivity index (χ4v) is 4.50. The molecule has 3 aromatic rings. The van der Waals surface area contributed by atoms with Crippen molar-refractivity contribution in [3.05, 3.63) is 47.6 Å². The monoisotopic (exact) mass is 418 g/mol. The fraction of sp³-hybridized carbons (Fsp3) is 0.278. The Morgan fingerprint density at radius 3 is 2.57 bits per heavy atom. The molecule has 4 rings (SSSR count). The summed E-state index contributed by atoms with van der Waals surface area (Å²) in [6.07, 6.45) is 0. The topological polar surface area (TPSA) is 80.3 Å². The summed E-state index contributed by atoms with van der Waals surface area (Å²) in [4.78, 5) is 17.5. The number of thioether (sulfide) groups is 1. The number of thiophene rings is 1. The summed E-state index contributed by atoms with van der Waals surface area (Å²) in [5.41, 5.74) is 0.972. The number of rotatable bonds is 5. The first kappa shape index (κ1) is 18.8. The predicted octanol–water partition coefficient (Wildman–Crippen LogP) is 2.30. The van der Waals surface area contributed by atoms with Crippen LogP contribution in [0.3, 0.4) is 0 Å². The van der Waals surface area contributed by atoms with Crippen molar-refractivity contribution < 1.29 is 9.18 Å². The van der Waals surface area contributed by atoms with Crippen molar-refractivity contribution >= 4 is 34.7 Å². The number of nitrogen functional groups attached to an aromatic ring is 1. The van der Waals surface area contributed by atoms with Crippen LogP contribution < -0.4 is 10.7 Å². The Balaban J connectivity index is 1.30. The summed E-state index contributed by atoms with van der Waals surface area (Å²) in [6.45, 7) is 2.70. The van der Waals surface area contributed by atoms with Crippen molar-refractivity contribution in [2.45, 2.75) is 5.16 Å². The van der Waals surface area contributed by atoms with Crippen LogP contribution in [0.4, 0.5) is 10.1 Å². The van der Waals surface area contributed by atoms with Gasteiger partial charge >= 0.3 is 0 Å². The zero-order valence-electron chi connectivity index (χ0n) is 15.0. The predicted molar refractivity (Wildman–Crippen MR) is 109 cm³/mol. The number of hydrogen-bond acceptors (Lipinski definition) is 7. The zero-order valence-corrected chi connectivity index (χ0v) is 16.6. The maximum absolute atomic E-state index is 13.1. The van der Waals surface area contributed by atoms with Crippen LogP contribution in [0.5, 0.6) is 0 Å². The number of carbonyl (C=O) groups excluding carboxylic acids is 1. The van der Waals surface area contributed by atoms with Crippen LogP contribution in [0, 0.1) is 5.82 Å². The Morgan fingerprint density at radius 2 is 1.89 bits per heavy atom. The summed E-state index contributed by atoms with van der Waals surface area (Å²) in [6, 6.07) is 10.3. The van der Waals surface area contributed by atoms with Crippen molar-refractivity contribution in [1.82, 2.24) is 19.8 Å². The molecule has 0 atom stereocenters. The number of carbonyl (C=O) groups is 1. The van der Waals surface area contributed by atoms with Crippen LogP contribution in [0.2, 0.25) is 0 Å². The molecule has 146 valence electrons. The fourth-order valence-electron chi connectivity index (χ4n) is 3.03. The van der Waals surface area contributed by atoms with Crippen LogP contribution >= 0.6 is 23.1 Å². The molecule has 1 aromatic carbocycles. The number of piperazine rings is 1. The molecule has 1 saturated heterocycles. The number of nitrogens with two attached hydrogens (primary N) is 1. The van der Waals surface area contributed by atoms with Gasteiger partial charge in [-0.3, -0.25) is 4.79 Å². The molecule has 7 nitrogen and oxygen atoms in total. The second-order valence-electron chi connectivity index (χ2n) is 6.29. The first-order chi connectivity index (χ1) is 13.6. The molecule has 0 saturated carbocycles. The summed E-state index contributed by atoms with van der Waals surface area (Å²) in [5, 5.41) is 10.7. The maximum Gasteiger partial charge on any atom is 0.233 e. The summed E-state index contributed by atoms with van der Waals surface area (Å²) >= 11 is 2.82. The van der Waals surface area contributed by atoms with E-state index in [0.29, 0.717) is 24.1 Å². The van der Waals surface area contributed by atoms with Crippen LogP contribution in [0.15, 0.2) is 46.9 Å². The molecule has 1 aliphatic rings. The lowest BCUT2D eigenvalue weighted by Crippen LogP contribution is -2.49. The lowest BCUT2D eigenvalue weighted by molar-refractivity contribution is -0.128. The van der Waals surface area contributed by atoms with Gasteiger partial charge in [0.15, 0.2) is 5.82 Å². The highest BCUT2D eigenvalue weighted by Crippen LogP contribution is 2.25. The minimum absolute atomic E-state index is 0.0458. The highest BCUT2D eigenvalue weighted by molar-refractivity contribution is 7.99. The van der Waals surface area contributed by atoms with Crippen molar-refractivity contribution in [2.24, 2.45) is 0 Å². The standard InChI is InChI=1S/C18H19FN6OS2/c19-13-3-5-14(6-4-13)23-7-9-24(10-8-23)16(26)12-28-18-22-21-17(25(18)20)15-2-1-11-27-15/h1-6,11H,7-10,12,20H2. The van der Waals surface area contributed by atoms with E-state index in [1.165, 1.54) is 39.9 Å². The smallest absolute Gasteiger partial charge is 0.233 e. The molecule has 0 aliphatic carbocycles. The number of aromatic nitrogens is 3. The molecule has 2 aromatic heterocycles. The van der Waals surface area contributed by atoms with Crippen molar-refractivity contribution in [1.29, 1.82) is 0 Å². The first-order valence-electron chi connectivity index (χ1n) is 8.77. The lowest BCUT2D eigenvalue weighted by atomic mass is 10.2. The minimum atomic E-state index is -0.246. The SMILES string of the molecule is Nn1c(SCC(=O)N2CCN(c3ccc(F)cc3)CC2)nnc1-c1cccs1. The van der Waals surface area contributed by atoms with E-state index >= 15 is 0 Å². The van der Waals surface area contributed by atoms with E-state index in [4.69, 9.17) is 5.84 Å². The average Bonchev–Trinajstić information content (AvgIpc) is 3.37. The van der Waals surface area contributed by atoms with E-state index < -0.39 is 0 Å². The van der Waals surface area contributed by atoms with E-state index in [2.05, 4.69) is 15.1 Å². The molecule has 10 heteroatoms. The summed E-state index contributed by atoms with van der Waals surface area (Å²) < 4.78 is 14.5. The Kier molecular flexibility index (Phi) is 5.49. The highest BCUT2D eigenvalue weighted by Gasteiger charge is 2.22. The van der Waals surface area contributed by atoms with Crippen LogP contribution in [0.25, 0.3) is 10.7 Å². The zero-order chi connectivity index (χ0) is 19.5. The number of hydrogen-bond donors (Lipinski definition) is 1. The van der Waals surface area contributed by atoms with Gasteiger partial charge in [-0.1, -0.05) is 17.8 Å². The second-order valence-corrected chi connectivity index (χ2v) is 8.18. The van der Waals surface area contributed by atoms with Crippen LogP contribution in [0.1, 0.15) is 0 Å². The number of amides is 1. The van der Waals surface area contributed by atoms with Gasteiger partial charge in [0.2, 0.25) is 11.1 Å². The number of nitrogens with zero attached hydrogens (tertiary/aromatic N) is 5. The maximum atomic E-state index is 13.1. The van der Waals surface area contributed by atoms with Crippen LogP contribution in [-0.4, -0.2) is 57.6 Å². The molecule has 1 amide bonds. The van der Waals surface area contributed by atoms with Gasteiger partial charge in [0.1, 0.15) is 5.82 Å². The van der Waals surface area contributed by atoms with Gasteiger partial charge in [-0.05, 0) is 35.7 Å². The number of benzene rings is 1. The molecule has 1 aliphatic heterocycles. The van der Waals surface area contributed by atoms with Gasteiger partial charge < -0.3 is 15.6 Å². The molecule has 0 radical (unpaired) electrons. The van der Waals surface area contributed by atoms with Gasteiger partial charge in [0, 0.05) is 31.9 Å². The molecular formula is C18H19FN6OS2. The second kappa shape index (κ2) is 8.19. The van der Waals surface area contributed by atoms with Crippen molar-refractivity contribution in [3.63, 3.8) is 0 Å². The van der Waals surface area contributed by atoms with Gasteiger partial charge in [-0.2, -0.15) is 0 Å². The van der Waals surface area contributed by atoms with Gasteiger partial charge in [0.25, 0.3) is 0 Å². The molecule has 0 bridgehead atoms. The molecule has 3 heterocycles. The van der Waals surface area contributed by atoms with E-state index in [-0.39, 0.29) is 17.5 Å². The largest absolute Gasteiger partial charge is 0.368 e. The summed E-state index contributed by atoms with van der Waals surface area (Å²) in [5.74, 6) is 6.73. The van der Waals surface area contributed by atoms with Crippen molar-refractivity contribution in [3.8, 4) is 10.7 Å². The van der Waals surface area contributed by atoms with Gasteiger partial charge in [0.05, 0.1) is 10.6 Å². The molecule has 0 unspecified atom stereocenters. The molecule has 2 N–H and O–H groups in total. The Labute approximate surface area is 169 Å². The van der Waals surface area contributed by atoms with Crippen LogP contribution in [-0.2, 0) is 4.79 Å².